The van der Waals surface area contributed by atoms with Crippen molar-refractivity contribution in [1.29, 1.82) is 0 Å². The third-order valence-corrected chi connectivity index (χ3v) is 6.35. The van der Waals surface area contributed by atoms with Gasteiger partial charge in [0.25, 0.3) is 0 Å². The van der Waals surface area contributed by atoms with Gasteiger partial charge < -0.3 is 14.5 Å². The average molecular weight is 410 g/mol. The molecule has 1 aromatic heterocycles. The zero-order valence-corrected chi connectivity index (χ0v) is 16.6. The SMILES string of the molecule is CN(CCn1cccn1)C(=O)[C@@H]1[C@@H]2C=C[C@@]3(CN(Cc4ccc(F)cc4)C(=O)[C@H]13)O2. The van der Waals surface area contributed by atoms with Crippen LogP contribution in [0.15, 0.2) is 54.9 Å². The molecule has 2 amide bonds. The van der Waals surface area contributed by atoms with Gasteiger partial charge in [-0.3, -0.25) is 14.3 Å². The van der Waals surface area contributed by atoms with Gasteiger partial charge >= 0.3 is 0 Å². The summed E-state index contributed by atoms with van der Waals surface area (Å²) in [5, 5.41) is 4.16. The van der Waals surface area contributed by atoms with Crippen molar-refractivity contribution in [3.63, 3.8) is 0 Å². The Morgan fingerprint density at radius 1 is 1.37 bits per heavy atom. The molecule has 8 heteroatoms. The van der Waals surface area contributed by atoms with Crippen molar-refractivity contribution in [3.05, 3.63) is 66.3 Å². The summed E-state index contributed by atoms with van der Waals surface area (Å²) in [4.78, 5) is 29.9. The highest BCUT2D eigenvalue weighted by atomic mass is 19.1. The molecule has 2 saturated heterocycles. The topological polar surface area (TPSA) is 67.7 Å². The monoisotopic (exact) mass is 410 g/mol. The van der Waals surface area contributed by atoms with Crippen molar-refractivity contribution in [3.8, 4) is 0 Å². The lowest BCUT2D eigenvalue weighted by Gasteiger charge is -2.27. The van der Waals surface area contributed by atoms with Crippen LogP contribution >= 0.6 is 0 Å². The summed E-state index contributed by atoms with van der Waals surface area (Å²) in [6, 6.07) is 7.96. The Balaban J connectivity index is 1.31. The van der Waals surface area contributed by atoms with E-state index in [1.54, 1.807) is 39.9 Å². The highest BCUT2D eigenvalue weighted by Gasteiger charge is 2.67. The van der Waals surface area contributed by atoms with E-state index in [4.69, 9.17) is 4.74 Å². The molecule has 2 aromatic rings. The summed E-state index contributed by atoms with van der Waals surface area (Å²) in [5.41, 5.74) is 0.101. The van der Waals surface area contributed by atoms with Crippen LogP contribution in [0, 0.1) is 17.7 Å². The van der Waals surface area contributed by atoms with Crippen LogP contribution in [0.2, 0.25) is 0 Å². The van der Waals surface area contributed by atoms with E-state index in [9.17, 15) is 14.0 Å². The quantitative estimate of drug-likeness (QED) is 0.677. The van der Waals surface area contributed by atoms with Crippen molar-refractivity contribution in [2.24, 2.45) is 11.8 Å². The molecule has 0 unspecified atom stereocenters. The van der Waals surface area contributed by atoms with E-state index in [1.165, 1.54) is 12.1 Å². The lowest BCUT2D eigenvalue weighted by Crippen LogP contribution is -2.45. The summed E-state index contributed by atoms with van der Waals surface area (Å²) < 4.78 is 21.1. The number of fused-ring (bicyclic) bond motifs is 1. The molecule has 0 N–H and O–H groups in total. The number of hydrogen-bond acceptors (Lipinski definition) is 4. The fourth-order valence-electron chi connectivity index (χ4n) is 4.85. The Morgan fingerprint density at radius 2 is 2.17 bits per heavy atom. The number of amides is 2. The molecule has 0 aliphatic carbocycles. The number of benzene rings is 1. The van der Waals surface area contributed by atoms with Crippen molar-refractivity contribution in [2.75, 3.05) is 20.1 Å². The van der Waals surface area contributed by atoms with Crippen molar-refractivity contribution >= 4 is 11.8 Å². The predicted octanol–water partition coefficient (Wildman–Crippen LogP) is 1.46. The zero-order chi connectivity index (χ0) is 20.9. The van der Waals surface area contributed by atoms with E-state index in [0.717, 1.165) is 5.56 Å². The first-order valence-corrected chi connectivity index (χ1v) is 10.1. The fourth-order valence-corrected chi connectivity index (χ4v) is 4.85. The number of nitrogens with zero attached hydrogens (tertiary/aromatic N) is 4. The van der Waals surface area contributed by atoms with Gasteiger partial charge in [0.1, 0.15) is 11.4 Å². The predicted molar refractivity (Wildman–Crippen MR) is 105 cm³/mol. The normalized spacial score (nSPS) is 28.9. The van der Waals surface area contributed by atoms with Crippen LogP contribution in [-0.2, 0) is 27.4 Å². The highest BCUT2D eigenvalue weighted by molar-refractivity contribution is 5.93. The molecule has 5 rings (SSSR count). The van der Waals surface area contributed by atoms with Gasteiger partial charge in [-0.2, -0.15) is 5.10 Å². The van der Waals surface area contributed by atoms with Crippen LogP contribution in [0.4, 0.5) is 4.39 Å². The van der Waals surface area contributed by atoms with E-state index < -0.39 is 17.4 Å². The molecule has 3 aliphatic heterocycles. The van der Waals surface area contributed by atoms with E-state index in [2.05, 4.69) is 5.10 Å². The van der Waals surface area contributed by atoms with Gasteiger partial charge in [-0.05, 0) is 23.8 Å². The fraction of sp³-hybridized carbons (Fsp3) is 0.409. The molecular weight excluding hydrogens is 387 g/mol. The van der Waals surface area contributed by atoms with Gasteiger partial charge in [0.2, 0.25) is 11.8 Å². The Bertz CT molecular complexity index is 990. The van der Waals surface area contributed by atoms with Gasteiger partial charge in [-0.1, -0.05) is 24.3 Å². The zero-order valence-electron chi connectivity index (χ0n) is 16.6. The lowest BCUT2D eigenvalue weighted by atomic mass is 9.76. The first-order valence-electron chi connectivity index (χ1n) is 10.1. The summed E-state index contributed by atoms with van der Waals surface area (Å²) in [6.07, 6.45) is 7.04. The van der Waals surface area contributed by atoms with Crippen LogP contribution in [0.5, 0.6) is 0 Å². The molecular formula is C22H23FN4O3. The first-order chi connectivity index (χ1) is 14.5. The summed E-state index contributed by atoms with van der Waals surface area (Å²) >= 11 is 0. The van der Waals surface area contributed by atoms with Crippen LogP contribution in [-0.4, -0.2) is 63.2 Å². The number of likely N-dealkylation sites (tertiary alicyclic amines) is 1. The maximum Gasteiger partial charge on any atom is 0.230 e. The molecule has 2 bridgehead atoms. The number of carbonyl (C=O) groups is 2. The minimum absolute atomic E-state index is 0.0787. The number of carbonyl (C=O) groups excluding carboxylic acids is 2. The maximum atomic E-state index is 13.3. The third kappa shape index (κ3) is 3.02. The smallest absolute Gasteiger partial charge is 0.230 e. The number of halogens is 1. The molecule has 0 saturated carbocycles. The lowest BCUT2D eigenvalue weighted by molar-refractivity contribution is -0.142. The Morgan fingerprint density at radius 3 is 2.90 bits per heavy atom. The molecule has 1 spiro atoms. The van der Waals surface area contributed by atoms with Gasteiger partial charge in [-0.15, -0.1) is 0 Å². The standard InChI is InChI=1S/C22H23FN4O3/c1-25(11-12-27-10-2-9-24-27)20(28)18-17-7-8-22(30-17)14-26(21(29)19(18)22)13-15-3-5-16(23)6-4-15/h2-10,17-19H,11-14H2,1H3/t17-,18+,19-,22-/m0/s1. The van der Waals surface area contributed by atoms with Crippen molar-refractivity contribution in [1.82, 2.24) is 19.6 Å². The van der Waals surface area contributed by atoms with Gasteiger partial charge in [-0.25, -0.2) is 4.39 Å². The van der Waals surface area contributed by atoms with E-state index in [-0.39, 0.29) is 23.7 Å². The Kier molecular flexibility index (Phi) is 4.47. The summed E-state index contributed by atoms with van der Waals surface area (Å²) in [5.74, 6) is -1.52. The molecule has 3 aliphatic rings. The largest absolute Gasteiger partial charge is 0.360 e. The molecule has 1 aromatic carbocycles. The van der Waals surface area contributed by atoms with E-state index in [1.807, 2.05) is 24.4 Å². The molecule has 156 valence electrons. The second kappa shape index (κ2) is 7.05. The number of aromatic nitrogens is 2. The van der Waals surface area contributed by atoms with Crippen LogP contribution in [0.3, 0.4) is 0 Å². The van der Waals surface area contributed by atoms with Gasteiger partial charge in [0, 0.05) is 32.5 Å². The molecule has 4 heterocycles. The van der Waals surface area contributed by atoms with Crippen molar-refractivity contribution in [2.45, 2.75) is 24.8 Å². The Hall–Kier alpha value is -3.00. The Labute approximate surface area is 173 Å². The molecule has 0 radical (unpaired) electrons. The van der Waals surface area contributed by atoms with E-state index in [0.29, 0.717) is 26.2 Å². The number of rotatable bonds is 6. The highest BCUT2D eigenvalue weighted by Crippen LogP contribution is 2.52. The maximum absolute atomic E-state index is 13.3. The van der Waals surface area contributed by atoms with Crippen molar-refractivity contribution < 1.29 is 18.7 Å². The van der Waals surface area contributed by atoms with Gasteiger partial charge in [0.05, 0.1) is 31.0 Å². The molecule has 30 heavy (non-hydrogen) atoms. The second-order valence-corrected chi connectivity index (χ2v) is 8.25. The van der Waals surface area contributed by atoms with Gasteiger partial charge in [0.15, 0.2) is 0 Å². The minimum Gasteiger partial charge on any atom is -0.360 e. The minimum atomic E-state index is -0.745. The first kappa shape index (κ1) is 19.0. The number of likely N-dealkylation sites (N-methyl/N-ethyl adjacent to an activating group) is 1. The second-order valence-electron chi connectivity index (χ2n) is 8.25. The van der Waals surface area contributed by atoms with Crippen LogP contribution in [0.1, 0.15) is 5.56 Å². The van der Waals surface area contributed by atoms with E-state index >= 15 is 0 Å². The number of hydrogen-bond donors (Lipinski definition) is 0. The number of ether oxygens (including phenoxy) is 1. The van der Waals surface area contributed by atoms with Crippen LogP contribution in [0.25, 0.3) is 0 Å². The third-order valence-electron chi connectivity index (χ3n) is 6.35. The molecule has 4 atom stereocenters. The average Bonchev–Trinajstić information content (AvgIpc) is 3.50. The summed E-state index contributed by atoms with van der Waals surface area (Å²) in [7, 11) is 1.75. The van der Waals surface area contributed by atoms with Crippen LogP contribution < -0.4 is 0 Å². The summed E-state index contributed by atoms with van der Waals surface area (Å²) in [6.45, 7) is 1.86. The molecule has 7 nitrogen and oxygen atoms in total. The molecule has 2 fully saturated rings.